The number of rotatable bonds is 3. The second-order valence-corrected chi connectivity index (χ2v) is 6.09. The number of nitrogens with zero attached hydrogens (tertiary/aromatic N) is 1. The number of hydrogen-bond donors (Lipinski definition) is 1. The molecule has 0 aliphatic carbocycles. The molecule has 0 saturated carbocycles. The van der Waals surface area contributed by atoms with Crippen LogP contribution in [0.1, 0.15) is 38.5 Å². The summed E-state index contributed by atoms with van der Waals surface area (Å²) in [5.41, 5.74) is 6.84. The molecule has 108 valence electrons. The lowest BCUT2D eigenvalue weighted by Gasteiger charge is -2.40. The standard InChI is InChI=1S/C17H24N2O/c1-12-7-8-14(10-18)11-19(12)13(2)17-9-15-5-3-4-6-16(15)20-17/h3-6,9,12-14H,7-8,10-11,18H2,1-2H3. The van der Waals surface area contributed by atoms with Crippen molar-refractivity contribution in [1.82, 2.24) is 4.90 Å². The molecule has 0 spiro atoms. The molecule has 2 N–H and O–H groups in total. The summed E-state index contributed by atoms with van der Waals surface area (Å²) in [7, 11) is 0. The Bertz CT molecular complexity index is 544. The van der Waals surface area contributed by atoms with E-state index in [9.17, 15) is 0 Å². The maximum absolute atomic E-state index is 6.03. The molecule has 3 atom stereocenters. The van der Waals surface area contributed by atoms with E-state index in [2.05, 4.69) is 36.9 Å². The van der Waals surface area contributed by atoms with Crippen LogP contribution in [-0.4, -0.2) is 24.0 Å². The van der Waals surface area contributed by atoms with Gasteiger partial charge in [0, 0.05) is 18.0 Å². The third-order valence-electron chi connectivity index (χ3n) is 4.72. The molecule has 1 aliphatic heterocycles. The highest BCUT2D eigenvalue weighted by molar-refractivity contribution is 5.77. The molecule has 0 bridgehead atoms. The SMILES string of the molecule is CC1CCC(CN)CN1C(C)c1cc2ccccc2o1. The predicted octanol–water partition coefficient (Wildman–Crippen LogP) is 3.55. The minimum Gasteiger partial charge on any atom is -0.459 e. The van der Waals surface area contributed by atoms with Crippen LogP contribution in [-0.2, 0) is 0 Å². The largest absolute Gasteiger partial charge is 0.459 e. The van der Waals surface area contributed by atoms with E-state index in [1.54, 1.807) is 0 Å². The van der Waals surface area contributed by atoms with Crippen LogP contribution < -0.4 is 5.73 Å². The third-order valence-corrected chi connectivity index (χ3v) is 4.72. The second-order valence-electron chi connectivity index (χ2n) is 6.09. The second kappa shape index (κ2) is 5.58. The van der Waals surface area contributed by atoms with E-state index >= 15 is 0 Å². The zero-order valence-corrected chi connectivity index (χ0v) is 12.4. The Hall–Kier alpha value is -1.32. The van der Waals surface area contributed by atoms with Crippen molar-refractivity contribution in [2.75, 3.05) is 13.1 Å². The molecule has 1 saturated heterocycles. The first-order valence-corrected chi connectivity index (χ1v) is 7.63. The normalized spacial score (nSPS) is 25.9. The Morgan fingerprint density at radius 3 is 2.90 bits per heavy atom. The Kier molecular flexibility index (Phi) is 3.81. The molecular weight excluding hydrogens is 248 g/mol. The number of piperidine rings is 1. The molecule has 3 unspecified atom stereocenters. The average Bonchev–Trinajstić information content (AvgIpc) is 2.91. The molecule has 20 heavy (non-hydrogen) atoms. The molecule has 3 rings (SSSR count). The molecule has 1 aromatic carbocycles. The first-order chi connectivity index (χ1) is 9.69. The van der Waals surface area contributed by atoms with Crippen molar-refractivity contribution in [2.45, 2.75) is 38.8 Å². The summed E-state index contributed by atoms with van der Waals surface area (Å²) < 4.78 is 6.03. The quantitative estimate of drug-likeness (QED) is 0.929. The summed E-state index contributed by atoms with van der Waals surface area (Å²) in [4.78, 5) is 2.54. The highest BCUT2D eigenvalue weighted by atomic mass is 16.3. The zero-order valence-electron chi connectivity index (χ0n) is 12.4. The van der Waals surface area contributed by atoms with Crippen LogP contribution in [0.15, 0.2) is 34.7 Å². The van der Waals surface area contributed by atoms with Crippen molar-refractivity contribution in [3.05, 3.63) is 36.1 Å². The van der Waals surface area contributed by atoms with Gasteiger partial charge < -0.3 is 10.2 Å². The van der Waals surface area contributed by atoms with E-state index in [4.69, 9.17) is 10.2 Å². The smallest absolute Gasteiger partial charge is 0.134 e. The fraction of sp³-hybridized carbons (Fsp3) is 0.529. The molecule has 1 fully saturated rings. The Labute approximate surface area is 120 Å². The van der Waals surface area contributed by atoms with Gasteiger partial charge >= 0.3 is 0 Å². The fourth-order valence-corrected chi connectivity index (χ4v) is 3.32. The van der Waals surface area contributed by atoms with Crippen molar-refractivity contribution in [2.24, 2.45) is 11.7 Å². The maximum Gasteiger partial charge on any atom is 0.134 e. The van der Waals surface area contributed by atoms with Crippen molar-refractivity contribution >= 4 is 11.0 Å². The summed E-state index contributed by atoms with van der Waals surface area (Å²) in [6, 6.07) is 11.3. The van der Waals surface area contributed by atoms with E-state index in [1.165, 1.54) is 18.2 Å². The Morgan fingerprint density at radius 1 is 1.35 bits per heavy atom. The minimum absolute atomic E-state index is 0.312. The molecule has 0 radical (unpaired) electrons. The first-order valence-electron chi connectivity index (χ1n) is 7.63. The van der Waals surface area contributed by atoms with Gasteiger partial charge in [-0.05, 0) is 51.3 Å². The summed E-state index contributed by atoms with van der Waals surface area (Å²) in [5.74, 6) is 1.69. The zero-order chi connectivity index (χ0) is 14.1. The van der Waals surface area contributed by atoms with Gasteiger partial charge in [-0.2, -0.15) is 0 Å². The summed E-state index contributed by atoms with van der Waals surface area (Å²) in [5, 5.41) is 1.19. The summed E-state index contributed by atoms with van der Waals surface area (Å²) >= 11 is 0. The van der Waals surface area contributed by atoms with E-state index in [0.29, 0.717) is 18.0 Å². The highest BCUT2D eigenvalue weighted by Gasteiger charge is 2.30. The molecular formula is C17H24N2O. The monoisotopic (exact) mass is 272 g/mol. The van der Waals surface area contributed by atoms with E-state index in [0.717, 1.165) is 24.4 Å². The van der Waals surface area contributed by atoms with Crippen molar-refractivity contribution in [3.8, 4) is 0 Å². The van der Waals surface area contributed by atoms with Crippen LogP contribution in [0.4, 0.5) is 0 Å². The molecule has 2 aromatic rings. The van der Waals surface area contributed by atoms with Crippen LogP contribution >= 0.6 is 0 Å². The molecule has 1 aliphatic rings. The van der Waals surface area contributed by atoms with Gasteiger partial charge in [0.05, 0.1) is 6.04 Å². The van der Waals surface area contributed by atoms with Crippen molar-refractivity contribution < 1.29 is 4.42 Å². The van der Waals surface area contributed by atoms with Crippen molar-refractivity contribution in [1.29, 1.82) is 0 Å². The summed E-state index contributed by atoms with van der Waals surface area (Å²) in [6.07, 6.45) is 2.48. The van der Waals surface area contributed by atoms with Gasteiger partial charge in [-0.1, -0.05) is 18.2 Å². The maximum atomic E-state index is 6.03. The van der Waals surface area contributed by atoms with Gasteiger partial charge in [-0.3, -0.25) is 4.90 Å². The van der Waals surface area contributed by atoms with Crippen LogP contribution in [0.5, 0.6) is 0 Å². The van der Waals surface area contributed by atoms with Gasteiger partial charge in [-0.15, -0.1) is 0 Å². The predicted molar refractivity (Wildman–Crippen MR) is 82.6 cm³/mol. The first kappa shape index (κ1) is 13.7. The third kappa shape index (κ3) is 2.48. The number of para-hydroxylation sites is 1. The molecule has 2 heterocycles. The van der Waals surface area contributed by atoms with Crippen LogP contribution in [0.3, 0.4) is 0 Å². The Morgan fingerprint density at radius 2 is 2.15 bits per heavy atom. The number of hydrogen-bond acceptors (Lipinski definition) is 3. The molecule has 1 aromatic heterocycles. The molecule has 3 heteroatoms. The minimum atomic E-state index is 0.312. The van der Waals surface area contributed by atoms with Crippen LogP contribution in [0.25, 0.3) is 11.0 Å². The van der Waals surface area contributed by atoms with Gasteiger partial charge in [-0.25, -0.2) is 0 Å². The van der Waals surface area contributed by atoms with E-state index < -0.39 is 0 Å². The van der Waals surface area contributed by atoms with Gasteiger partial charge in [0.2, 0.25) is 0 Å². The summed E-state index contributed by atoms with van der Waals surface area (Å²) in [6.45, 7) is 6.42. The van der Waals surface area contributed by atoms with Gasteiger partial charge in [0.15, 0.2) is 0 Å². The number of furan rings is 1. The average molecular weight is 272 g/mol. The van der Waals surface area contributed by atoms with Crippen LogP contribution in [0, 0.1) is 5.92 Å². The lowest BCUT2D eigenvalue weighted by Crippen LogP contribution is -2.44. The number of benzene rings is 1. The molecule has 0 amide bonds. The topological polar surface area (TPSA) is 42.4 Å². The lowest BCUT2D eigenvalue weighted by molar-refractivity contribution is 0.0721. The molecule has 3 nitrogen and oxygen atoms in total. The van der Waals surface area contributed by atoms with Gasteiger partial charge in [0.1, 0.15) is 11.3 Å². The van der Waals surface area contributed by atoms with Crippen molar-refractivity contribution in [3.63, 3.8) is 0 Å². The van der Waals surface area contributed by atoms with E-state index in [1.807, 2.05) is 12.1 Å². The fourth-order valence-electron chi connectivity index (χ4n) is 3.32. The van der Waals surface area contributed by atoms with Gasteiger partial charge in [0.25, 0.3) is 0 Å². The number of fused-ring (bicyclic) bond motifs is 1. The highest BCUT2D eigenvalue weighted by Crippen LogP contribution is 2.32. The lowest BCUT2D eigenvalue weighted by atomic mass is 9.92. The van der Waals surface area contributed by atoms with E-state index in [-0.39, 0.29) is 0 Å². The number of nitrogens with two attached hydrogens (primary N) is 1. The van der Waals surface area contributed by atoms with Crippen LogP contribution in [0.2, 0.25) is 0 Å². The Balaban J connectivity index is 1.84. The number of likely N-dealkylation sites (tertiary alicyclic amines) is 1.